The Balaban J connectivity index is 1.78. The van der Waals surface area contributed by atoms with Crippen molar-refractivity contribution in [1.82, 2.24) is 15.8 Å². The first kappa shape index (κ1) is 15.7. The van der Waals surface area contributed by atoms with E-state index in [1.807, 2.05) is 0 Å². The van der Waals surface area contributed by atoms with E-state index >= 15 is 0 Å². The van der Waals surface area contributed by atoms with Crippen LogP contribution >= 0.6 is 11.6 Å². The maximum absolute atomic E-state index is 13.0. The molecular weight excluding hydrogens is 325 g/mol. The molecule has 0 bridgehead atoms. The van der Waals surface area contributed by atoms with E-state index in [1.54, 1.807) is 0 Å². The number of urea groups is 1. The fraction of sp³-hybridized carbons (Fsp3) is 0.400. The molecule has 2 N–H and O–H groups in total. The zero-order chi connectivity index (χ0) is 16.6. The smallest absolute Gasteiger partial charge is 0.322 e. The molecule has 6 nitrogen and oxygen atoms in total. The monoisotopic (exact) mass is 339 g/mol. The third kappa shape index (κ3) is 2.76. The molecule has 1 aliphatic heterocycles. The molecule has 1 saturated heterocycles. The number of benzene rings is 1. The number of nitrogens with zero attached hydrogens (tertiary/aromatic N) is 1. The molecule has 0 atom stereocenters. The Kier molecular flexibility index (Phi) is 3.97. The van der Waals surface area contributed by atoms with E-state index in [0.717, 1.165) is 31.4 Å². The zero-order valence-electron chi connectivity index (χ0n) is 12.2. The summed E-state index contributed by atoms with van der Waals surface area (Å²) in [5.74, 6) is -1.79. The number of imide groups is 1. The van der Waals surface area contributed by atoms with Crippen LogP contribution in [0, 0.1) is 5.82 Å². The summed E-state index contributed by atoms with van der Waals surface area (Å²) in [6.07, 6.45) is 3.82. The molecular formula is C15H15ClFN3O3. The quantitative estimate of drug-likeness (QED) is 0.812. The van der Waals surface area contributed by atoms with Crippen molar-refractivity contribution in [1.29, 1.82) is 0 Å². The molecule has 1 aromatic carbocycles. The van der Waals surface area contributed by atoms with Crippen LogP contribution in [0.2, 0.25) is 5.02 Å². The third-order valence-corrected chi connectivity index (χ3v) is 4.57. The minimum Gasteiger partial charge on any atom is -0.322 e. The van der Waals surface area contributed by atoms with Crippen LogP contribution in [0.4, 0.5) is 9.18 Å². The largest absolute Gasteiger partial charge is 0.344 e. The first-order chi connectivity index (χ1) is 10.9. The molecule has 8 heteroatoms. The number of hydrazine groups is 1. The van der Waals surface area contributed by atoms with Gasteiger partial charge in [0.15, 0.2) is 0 Å². The van der Waals surface area contributed by atoms with E-state index in [1.165, 1.54) is 6.07 Å². The lowest BCUT2D eigenvalue weighted by Crippen LogP contribution is -2.51. The summed E-state index contributed by atoms with van der Waals surface area (Å²) in [4.78, 5) is 36.8. The van der Waals surface area contributed by atoms with Gasteiger partial charge in [-0.15, -0.1) is 0 Å². The molecule has 1 spiro atoms. The molecule has 3 rings (SSSR count). The number of hydrogen-bond donors (Lipinski definition) is 2. The summed E-state index contributed by atoms with van der Waals surface area (Å²) in [6, 6.07) is 2.60. The lowest BCUT2D eigenvalue weighted by molar-refractivity contribution is -0.134. The minimum atomic E-state index is -0.921. The van der Waals surface area contributed by atoms with Crippen LogP contribution in [-0.2, 0) is 4.79 Å². The number of hydrogen-bond acceptors (Lipinski definition) is 3. The van der Waals surface area contributed by atoms with Crippen molar-refractivity contribution < 1.29 is 18.8 Å². The second-order valence-electron chi connectivity index (χ2n) is 5.78. The van der Waals surface area contributed by atoms with Gasteiger partial charge < -0.3 is 5.32 Å². The molecule has 122 valence electrons. The lowest BCUT2D eigenvalue weighted by atomic mass is 9.82. The predicted octanol–water partition coefficient (Wildman–Crippen LogP) is 2.38. The summed E-state index contributed by atoms with van der Waals surface area (Å²) in [6.45, 7) is 0. The van der Waals surface area contributed by atoms with Gasteiger partial charge in [0.2, 0.25) is 0 Å². The van der Waals surface area contributed by atoms with E-state index < -0.39 is 29.2 Å². The zero-order valence-corrected chi connectivity index (χ0v) is 13.0. The Morgan fingerprint density at radius 2 is 1.96 bits per heavy atom. The second kappa shape index (κ2) is 5.81. The van der Waals surface area contributed by atoms with E-state index in [2.05, 4.69) is 10.7 Å². The van der Waals surface area contributed by atoms with Crippen LogP contribution < -0.4 is 10.7 Å². The maximum atomic E-state index is 13.0. The molecule has 1 aliphatic carbocycles. The Hall–Kier alpha value is -2.15. The summed E-state index contributed by atoms with van der Waals surface area (Å²) in [7, 11) is 0. The van der Waals surface area contributed by atoms with Crippen molar-refractivity contribution >= 4 is 29.4 Å². The average molecular weight is 340 g/mol. The molecule has 0 aromatic heterocycles. The number of halogens is 2. The van der Waals surface area contributed by atoms with Gasteiger partial charge in [0, 0.05) is 0 Å². The number of carbonyl (C=O) groups is 3. The predicted molar refractivity (Wildman–Crippen MR) is 80.1 cm³/mol. The lowest BCUT2D eigenvalue weighted by Gasteiger charge is -2.30. The van der Waals surface area contributed by atoms with Gasteiger partial charge in [0.05, 0.1) is 10.6 Å². The Morgan fingerprint density at radius 3 is 2.61 bits per heavy atom. The molecule has 2 aliphatic rings. The van der Waals surface area contributed by atoms with E-state index in [4.69, 9.17) is 11.6 Å². The van der Waals surface area contributed by atoms with Crippen molar-refractivity contribution in [2.45, 2.75) is 37.6 Å². The van der Waals surface area contributed by atoms with Crippen molar-refractivity contribution in [2.75, 3.05) is 0 Å². The van der Waals surface area contributed by atoms with Gasteiger partial charge in [0.1, 0.15) is 11.4 Å². The highest BCUT2D eigenvalue weighted by atomic mass is 35.5. The summed E-state index contributed by atoms with van der Waals surface area (Å²) >= 11 is 5.82. The van der Waals surface area contributed by atoms with Crippen LogP contribution in [-0.4, -0.2) is 28.4 Å². The van der Waals surface area contributed by atoms with Crippen LogP contribution in [0.25, 0.3) is 0 Å². The normalized spacial score (nSPS) is 19.8. The van der Waals surface area contributed by atoms with Gasteiger partial charge >= 0.3 is 6.03 Å². The van der Waals surface area contributed by atoms with Crippen LogP contribution in [0.15, 0.2) is 18.2 Å². The van der Waals surface area contributed by atoms with Gasteiger partial charge in [-0.3, -0.25) is 15.0 Å². The van der Waals surface area contributed by atoms with Crippen LogP contribution in [0.5, 0.6) is 0 Å². The van der Waals surface area contributed by atoms with Crippen molar-refractivity contribution in [2.24, 2.45) is 0 Å². The first-order valence-corrected chi connectivity index (χ1v) is 7.73. The van der Waals surface area contributed by atoms with Gasteiger partial charge in [-0.2, -0.15) is 5.01 Å². The third-order valence-electron chi connectivity index (χ3n) is 4.26. The van der Waals surface area contributed by atoms with Gasteiger partial charge in [-0.05, 0) is 31.0 Å². The topological polar surface area (TPSA) is 78.5 Å². The average Bonchev–Trinajstić information content (AvgIpc) is 2.72. The van der Waals surface area contributed by atoms with Crippen molar-refractivity contribution in [3.8, 4) is 0 Å². The van der Waals surface area contributed by atoms with Gasteiger partial charge in [0.25, 0.3) is 11.8 Å². The molecule has 1 saturated carbocycles. The van der Waals surface area contributed by atoms with Gasteiger partial charge in [-0.1, -0.05) is 30.9 Å². The molecule has 23 heavy (non-hydrogen) atoms. The van der Waals surface area contributed by atoms with E-state index in [9.17, 15) is 18.8 Å². The number of amides is 4. The summed E-state index contributed by atoms with van der Waals surface area (Å²) in [5, 5.41) is 3.27. The maximum Gasteiger partial charge on any atom is 0.344 e. The molecule has 4 amide bonds. The Morgan fingerprint density at radius 1 is 1.26 bits per heavy atom. The molecule has 0 unspecified atom stereocenters. The van der Waals surface area contributed by atoms with Crippen molar-refractivity contribution in [3.05, 3.63) is 34.6 Å². The van der Waals surface area contributed by atoms with Gasteiger partial charge in [-0.25, -0.2) is 9.18 Å². The number of rotatable bonds is 2. The molecule has 2 fully saturated rings. The summed E-state index contributed by atoms with van der Waals surface area (Å²) < 4.78 is 13.0. The highest BCUT2D eigenvalue weighted by Gasteiger charge is 2.52. The van der Waals surface area contributed by atoms with Crippen LogP contribution in [0.1, 0.15) is 42.5 Å². The highest BCUT2D eigenvalue weighted by Crippen LogP contribution is 2.33. The molecule has 1 aromatic rings. The van der Waals surface area contributed by atoms with Crippen LogP contribution in [0.3, 0.4) is 0 Å². The SMILES string of the molecule is O=C(NN1C(=O)NC2(CCCCC2)C1=O)c1ccc(F)cc1Cl. The Bertz CT molecular complexity index is 689. The Labute approximate surface area is 136 Å². The fourth-order valence-electron chi connectivity index (χ4n) is 3.05. The van der Waals surface area contributed by atoms with E-state index in [-0.39, 0.29) is 10.6 Å². The van der Waals surface area contributed by atoms with Crippen molar-refractivity contribution in [3.63, 3.8) is 0 Å². The highest BCUT2D eigenvalue weighted by molar-refractivity contribution is 6.33. The minimum absolute atomic E-state index is 0.0155. The summed E-state index contributed by atoms with van der Waals surface area (Å²) in [5.41, 5.74) is 1.32. The second-order valence-corrected chi connectivity index (χ2v) is 6.19. The molecule has 0 radical (unpaired) electrons. The number of carbonyl (C=O) groups excluding carboxylic acids is 3. The molecule has 1 heterocycles. The first-order valence-electron chi connectivity index (χ1n) is 7.36. The number of nitrogens with one attached hydrogen (secondary N) is 2. The van der Waals surface area contributed by atoms with E-state index in [0.29, 0.717) is 17.9 Å². The standard InChI is InChI=1S/C15H15ClFN3O3/c16-11-8-9(17)4-5-10(11)12(21)19-20-13(22)15(18-14(20)23)6-2-1-3-7-15/h4-5,8H,1-3,6-7H2,(H,18,23)(H,19,21). The fourth-order valence-corrected chi connectivity index (χ4v) is 3.30.